The van der Waals surface area contributed by atoms with Gasteiger partial charge in [0, 0.05) is 25.0 Å². The first kappa shape index (κ1) is 28.6. The van der Waals surface area contributed by atoms with Crippen molar-refractivity contribution in [2.45, 2.75) is 123 Å². The third-order valence-electron chi connectivity index (χ3n) is 7.31. The largest absolute Gasteiger partial charge is 0.458 e. The Morgan fingerprint density at radius 2 is 1.81 bits per heavy atom. The number of hydrogen-bond acceptors (Lipinski definition) is 5. The molecule has 3 atom stereocenters. The van der Waals surface area contributed by atoms with E-state index in [2.05, 4.69) is 44.3 Å². The van der Waals surface area contributed by atoms with E-state index in [1.165, 1.54) is 11.6 Å². The number of ether oxygens (including phenoxy) is 3. The molecule has 1 unspecified atom stereocenters. The topological polar surface area (TPSA) is 77.2 Å². The van der Waals surface area contributed by atoms with Gasteiger partial charge in [0.1, 0.15) is 6.10 Å². The molecule has 2 saturated heterocycles. The van der Waals surface area contributed by atoms with Gasteiger partial charge in [-0.3, -0.25) is 9.59 Å². The van der Waals surface area contributed by atoms with E-state index in [1.54, 1.807) is 13.0 Å². The second kappa shape index (κ2) is 11.6. The fourth-order valence-electron chi connectivity index (χ4n) is 5.22. The predicted molar refractivity (Wildman–Crippen MR) is 142 cm³/mol. The first-order chi connectivity index (χ1) is 16.8. The van der Waals surface area contributed by atoms with Crippen LogP contribution in [0, 0.1) is 11.3 Å². The highest BCUT2D eigenvalue weighted by atomic mass is 16.6. The second-order valence-electron chi connectivity index (χ2n) is 12.8. The molecule has 0 bridgehead atoms. The molecule has 0 aromatic rings. The van der Waals surface area contributed by atoms with E-state index in [0.717, 1.165) is 51.6 Å². The molecule has 0 aromatic carbocycles. The van der Waals surface area contributed by atoms with Gasteiger partial charge >= 0.3 is 5.97 Å². The van der Waals surface area contributed by atoms with Gasteiger partial charge in [-0.05, 0) is 92.6 Å². The van der Waals surface area contributed by atoms with Crippen molar-refractivity contribution in [3.05, 3.63) is 36.0 Å². The van der Waals surface area contributed by atoms with Crippen LogP contribution in [0.3, 0.4) is 0 Å². The van der Waals surface area contributed by atoms with Crippen molar-refractivity contribution in [1.29, 1.82) is 0 Å². The summed E-state index contributed by atoms with van der Waals surface area (Å²) >= 11 is 0. The molecule has 1 N–H and O–H groups in total. The zero-order chi connectivity index (χ0) is 26.6. The lowest BCUT2D eigenvalue weighted by molar-refractivity contribution is -0.155. The highest BCUT2D eigenvalue weighted by molar-refractivity contribution is 5.87. The Balaban J connectivity index is 1.35. The predicted octanol–water partition coefficient (Wildman–Crippen LogP) is 5.81. The minimum absolute atomic E-state index is 0.0511. The monoisotopic (exact) mass is 501 g/mol. The van der Waals surface area contributed by atoms with Crippen LogP contribution in [0.15, 0.2) is 36.0 Å². The fraction of sp³-hybridized carbons (Fsp3) is 0.733. The standard InChI is InChI=1S/C30H47NO5/c1-21(9-16-25-18-30(20-34-30)19-29(6,7)36-25)8-11-23-12-14-24(15-13-23)31-26(32)17-10-22(2)35-27(33)28(3,4)5/h8-10,16-17,22-25H,11-15,18-20H2,1-7H3,(H,31,32)/t22?,23?,24?,25-,30-/m1/s1. The number of esters is 1. The maximum atomic E-state index is 12.3. The summed E-state index contributed by atoms with van der Waals surface area (Å²) in [6.07, 6.45) is 16.7. The number of carbonyl (C=O) groups excluding carboxylic acids is 2. The van der Waals surface area contributed by atoms with Gasteiger partial charge in [0.2, 0.25) is 5.91 Å². The van der Waals surface area contributed by atoms with Gasteiger partial charge in [-0.2, -0.15) is 0 Å². The summed E-state index contributed by atoms with van der Waals surface area (Å²) in [7, 11) is 0. The molecule has 3 fully saturated rings. The molecule has 36 heavy (non-hydrogen) atoms. The van der Waals surface area contributed by atoms with Crippen LogP contribution in [0.2, 0.25) is 0 Å². The SMILES string of the molecule is CC(C=C[C@@H]1C[C@]2(CO2)CC(C)(C)O1)=CCC1CCC(NC(=O)C=CC(C)OC(=O)C(C)(C)C)CC1. The molecule has 3 aliphatic rings. The molecule has 0 aromatic heterocycles. The molecular formula is C30H47NO5. The van der Waals surface area contributed by atoms with Crippen LogP contribution < -0.4 is 5.32 Å². The smallest absolute Gasteiger partial charge is 0.311 e. The molecule has 1 aliphatic carbocycles. The summed E-state index contributed by atoms with van der Waals surface area (Å²) in [5.41, 5.74) is 0.635. The van der Waals surface area contributed by atoms with Crippen LogP contribution in [-0.4, -0.2) is 47.9 Å². The summed E-state index contributed by atoms with van der Waals surface area (Å²) in [4.78, 5) is 24.3. The van der Waals surface area contributed by atoms with Gasteiger partial charge in [-0.1, -0.05) is 23.8 Å². The number of epoxide rings is 1. The zero-order valence-electron chi connectivity index (χ0n) is 23.4. The van der Waals surface area contributed by atoms with Crippen molar-refractivity contribution in [3.63, 3.8) is 0 Å². The van der Waals surface area contributed by atoms with E-state index in [4.69, 9.17) is 14.2 Å². The molecule has 202 valence electrons. The molecule has 1 amide bonds. The quantitative estimate of drug-likeness (QED) is 0.196. The van der Waals surface area contributed by atoms with Crippen LogP contribution in [0.25, 0.3) is 0 Å². The Bertz CT molecular complexity index is 860. The van der Waals surface area contributed by atoms with Crippen molar-refractivity contribution in [1.82, 2.24) is 5.32 Å². The van der Waals surface area contributed by atoms with E-state index < -0.39 is 11.5 Å². The molecule has 3 rings (SSSR count). The first-order valence-corrected chi connectivity index (χ1v) is 13.6. The van der Waals surface area contributed by atoms with Gasteiger partial charge in [-0.15, -0.1) is 0 Å². The van der Waals surface area contributed by atoms with Crippen molar-refractivity contribution in [2.24, 2.45) is 11.3 Å². The van der Waals surface area contributed by atoms with Crippen molar-refractivity contribution >= 4 is 11.9 Å². The Kier molecular flexibility index (Phi) is 9.26. The molecule has 0 radical (unpaired) electrons. The van der Waals surface area contributed by atoms with Gasteiger partial charge in [0.05, 0.1) is 29.3 Å². The normalized spacial score (nSPS) is 31.5. The Morgan fingerprint density at radius 3 is 2.42 bits per heavy atom. The summed E-state index contributed by atoms with van der Waals surface area (Å²) in [5, 5.41) is 3.10. The number of hydrogen-bond donors (Lipinski definition) is 1. The summed E-state index contributed by atoms with van der Waals surface area (Å²) in [5.74, 6) is 0.261. The zero-order valence-corrected chi connectivity index (χ0v) is 23.4. The molecule has 6 heteroatoms. The van der Waals surface area contributed by atoms with Crippen LogP contribution in [0.1, 0.15) is 93.4 Å². The average molecular weight is 502 g/mol. The van der Waals surface area contributed by atoms with Gasteiger partial charge < -0.3 is 19.5 Å². The minimum atomic E-state index is -0.553. The number of allylic oxidation sites excluding steroid dienone is 3. The molecule has 1 spiro atoms. The van der Waals surface area contributed by atoms with Gasteiger partial charge in [-0.25, -0.2) is 0 Å². The highest BCUT2D eigenvalue weighted by Gasteiger charge is 2.53. The highest BCUT2D eigenvalue weighted by Crippen LogP contribution is 2.46. The van der Waals surface area contributed by atoms with E-state index in [0.29, 0.717) is 5.92 Å². The molecule has 1 saturated carbocycles. The van der Waals surface area contributed by atoms with Crippen LogP contribution in [0.4, 0.5) is 0 Å². The lowest BCUT2D eigenvalue weighted by atomic mass is 9.83. The van der Waals surface area contributed by atoms with Crippen molar-refractivity contribution in [2.75, 3.05) is 6.61 Å². The number of amides is 1. The molecule has 6 nitrogen and oxygen atoms in total. The van der Waals surface area contributed by atoms with Crippen LogP contribution in [-0.2, 0) is 23.8 Å². The number of nitrogens with one attached hydrogen (secondary N) is 1. The summed E-state index contributed by atoms with van der Waals surface area (Å²) in [6.45, 7) is 14.5. The molecule has 2 aliphatic heterocycles. The minimum Gasteiger partial charge on any atom is -0.458 e. The Morgan fingerprint density at radius 1 is 1.14 bits per heavy atom. The summed E-state index contributed by atoms with van der Waals surface area (Å²) in [6, 6.07) is 0.208. The van der Waals surface area contributed by atoms with E-state index >= 15 is 0 Å². The molecule has 2 heterocycles. The Labute approximate surface area is 217 Å². The average Bonchev–Trinajstić information content (AvgIpc) is 3.51. The van der Waals surface area contributed by atoms with Crippen LogP contribution in [0.5, 0.6) is 0 Å². The maximum absolute atomic E-state index is 12.3. The van der Waals surface area contributed by atoms with E-state index in [-0.39, 0.29) is 35.2 Å². The van der Waals surface area contributed by atoms with Gasteiger partial charge in [0.25, 0.3) is 0 Å². The molecular weight excluding hydrogens is 454 g/mol. The maximum Gasteiger partial charge on any atom is 0.311 e. The lowest BCUT2D eigenvalue weighted by Gasteiger charge is -2.38. The summed E-state index contributed by atoms with van der Waals surface area (Å²) < 4.78 is 17.3. The third-order valence-corrected chi connectivity index (χ3v) is 7.31. The van der Waals surface area contributed by atoms with Crippen molar-refractivity contribution < 1.29 is 23.8 Å². The second-order valence-corrected chi connectivity index (χ2v) is 12.8. The van der Waals surface area contributed by atoms with Crippen molar-refractivity contribution in [3.8, 4) is 0 Å². The van der Waals surface area contributed by atoms with Gasteiger partial charge in [0.15, 0.2) is 0 Å². The van der Waals surface area contributed by atoms with E-state index in [1.807, 2.05) is 20.8 Å². The first-order valence-electron chi connectivity index (χ1n) is 13.6. The number of carbonyl (C=O) groups is 2. The lowest BCUT2D eigenvalue weighted by Crippen LogP contribution is -2.43. The fourth-order valence-corrected chi connectivity index (χ4v) is 5.22. The Hall–Kier alpha value is -1.92. The third kappa shape index (κ3) is 9.19. The number of rotatable bonds is 8. The van der Waals surface area contributed by atoms with E-state index in [9.17, 15) is 9.59 Å². The van der Waals surface area contributed by atoms with Crippen LogP contribution >= 0.6 is 0 Å².